The van der Waals surface area contributed by atoms with E-state index in [4.69, 9.17) is 5.11 Å². The van der Waals surface area contributed by atoms with Gasteiger partial charge >= 0.3 is 5.97 Å². The molecule has 1 rings (SSSR count). The van der Waals surface area contributed by atoms with Crippen LogP contribution < -0.4 is 10.6 Å². The highest BCUT2D eigenvalue weighted by Crippen LogP contribution is 2.26. The summed E-state index contributed by atoms with van der Waals surface area (Å²) in [5.74, 6) is -1.38. The van der Waals surface area contributed by atoms with Gasteiger partial charge in [0.05, 0.1) is 17.8 Å². The lowest BCUT2D eigenvalue weighted by Gasteiger charge is -2.10. The smallest absolute Gasteiger partial charge is 0.337 e. The minimum Gasteiger partial charge on any atom is -0.478 e. The van der Waals surface area contributed by atoms with Gasteiger partial charge in [-0.05, 0) is 35.1 Å². The fourth-order valence-corrected chi connectivity index (χ4v) is 1.64. The van der Waals surface area contributed by atoms with Crippen LogP contribution in [0.5, 0.6) is 0 Å². The fourth-order valence-electron chi connectivity index (χ4n) is 1.17. The fraction of sp³-hybridized carbons (Fsp3) is 0.200. The number of rotatable bonds is 4. The van der Waals surface area contributed by atoms with Crippen molar-refractivity contribution >= 4 is 33.5 Å². The van der Waals surface area contributed by atoms with Crippen molar-refractivity contribution in [3.63, 3.8) is 0 Å². The van der Waals surface area contributed by atoms with Gasteiger partial charge in [-0.15, -0.1) is 0 Å². The van der Waals surface area contributed by atoms with Crippen molar-refractivity contribution in [2.75, 3.05) is 18.9 Å². The molecule has 0 unspecified atom stereocenters. The largest absolute Gasteiger partial charge is 0.478 e. The Hall–Kier alpha value is -1.40. The lowest BCUT2D eigenvalue weighted by atomic mass is 10.2. The molecule has 1 aromatic carbocycles. The highest BCUT2D eigenvalue weighted by molar-refractivity contribution is 9.10. The molecule has 0 aliphatic heterocycles. The van der Waals surface area contributed by atoms with Crippen molar-refractivity contribution in [2.45, 2.75) is 0 Å². The molecular weight excluding hydrogens is 276 g/mol. The monoisotopic (exact) mass is 286 g/mol. The zero-order valence-electron chi connectivity index (χ0n) is 8.58. The van der Waals surface area contributed by atoms with Crippen molar-refractivity contribution in [2.24, 2.45) is 0 Å². The molecule has 0 aliphatic rings. The lowest BCUT2D eigenvalue weighted by Crippen LogP contribution is -2.26. The van der Waals surface area contributed by atoms with Crippen LogP contribution in [0.25, 0.3) is 0 Å². The summed E-state index contributed by atoms with van der Waals surface area (Å²) in [6.07, 6.45) is 0. The summed E-state index contributed by atoms with van der Waals surface area (Å²) in [7, 11) is 1.64. The number of carboxylic acids is 1. The van der Waals surface area contributed by atoms with Crippen LogP contribution in [0.3, 0.4) is 0 Å². The molecule has 0 atom stereocenters. The van der Waals surface area contributed by atoms with Crippen LogP contribution in [0.15, 0.2) is 22.7 Å². The van der Waals surface area contributed by atoms with Crippen LogP contribution in [0.1, 0.15) is 10.4 Å². The summed E-state index contributed by atoms with van der Waals surface area (Å²) >= 11 is 3.20. The van der Waals surface area contributed by atoms with Gasteiger partial charge in [0.2, 0.25) is 5.91 Å². The third-order valence-electron chi connectivity index (χ3n) is 1.85. The number of para-hydroxylation sites is 1. The second-order valence-electron chi connectivity index (χ2n) is 3.05. The predicted molar refractivity (Wildman–Crippen MR) is 63.7 cm³/mol. The van der Waals surface area contributed by atoms with Gasteiger partial charge in [0.1, 0.15) is 0 Å². The average molecular weight is 287 g/mol. The molecule has 0 bridgehead atoms. The molecule has 5 nitrogen and oxygen atoms in total. The first-order valence-electron chi connectivity index (χ1n) is 4.52. The van der Waals surface area contributed by atoms with Gasteiger partial charge in [0.25, 0.3) is 0 Å². The summed E-state index contributed by atoms with van der Waals surface area (Å²) in [6, 6.07) is 4.70. The number of aromatic carboxylic acids is 1. The summed E-state index contributed by atoms with van der Waals surface area (Å²) in [6.45, 7) is 0.125. The molecule has 0 fully saturated rings. The maximum atomic E-state index is 11.4. The Morgan fingerprint density at radius 3 is 2.69 bits per heavy atom. The van der Waals surface area contributed by atoms with Crippen LogP contribution in [0.4, 0.5) is 5.69 Å². The number of likely N-dealkylation sites (N-methyl/N-ethyl adjacent to an activating group) is 1. The standard InChI is InChI=1S/C10H11BrN2O3/c1-12-5-8(14)13-9-6(10(15)16)3-2-4-7(9)11/h2-4,12H,5H2,1H3,(H,13,14)(H,15,16). The maximum Gasteiger partial charge on any atom is 0.337 e. The minimum atomic E-state index is -1.08. The highest BCUT2D eigenvalue weighted by atomic mass is 79.9. The summed E-state index contributed by atoms with van der Waals surface area (Å²) in [5, 5.41) is 14.2. The van der Waals surface area contributed by atoms with E-state index in [2.05, 4.69) is 26.6 Å². The summed E-state index contributed by atoms with van der Waals surface area (Å²) < 4.78 is 0.539. The van der Waals surface area contributed by atoms with E-state index in [0.29, 0.717) is 4.47 Å². The Balaban J connectivity index is 3.01. The van der Waals surface area contributed by atoms with E-state index in [1.807, 2.05) is 0 Å². The quantitative estimate of drug-likeness (QED) is 0.780. The van der Waals surface area contributed by atoms with Crippen LogP contribution in [-0.2, 0) is 4.79 Å². The molecular formula is C10H11BrN2O3. The molecule has 0 saturated heterocycles. The number of carbonyl (C=O) groups is 2. The Bertz CT molecular complexity index is 421. The van der Waals surface area contributed by atoms with Gasteiger partial charge in [0.15, 0.2) is 0 Å². The molecule has 0 radical (unpaired) electrons. The Morgan fingerprint density at radius 1 is 1.44 bits per heavy atom. The molecule has 16 heavy (non-hydrogen) atoms. The molecule has 86 valence electrons. The van der Waals surface area contributed by atoms with Crippen molar-refractivity contribution in [1.82, 2.24) is 5.32 Å². The summed E-state index contributed by atoms with van der Waals surface area (Å²) in [5.41, 5.74) is 0.328. The number of amides is 1. The van der Waals surface area contributed by atoms with Gasteiger partial charge < -0.3 is 15.7 Å². The average Bonchev–Trinajstić information content (AvgIpc) is 2.21. The number of anilines is 1. The number of carboxylic acid groups (broad SMARTS) is 1. The number of nitrogens with one attached hydrogen (secondary N) is 2. The molecule has 0 heterocycles. The Kier molecular flexibility index (Phi) is 4.45. The first-order chi connectivity index (χ1) is 7.56. The number of halogens is 1. The Labute approximate surface area is 101 Å². The zero-order valence-corrected chi connectivity index (χ0v) is 10.2. The second kappa shape index (κ2) is 5.62. The van der Waals surface area contributed by atoms with E-state index < -0.39 is 5.97 Å². The highest BCUT2D eigenvalue weighted by Gasteiger charge is 2.14. The van der Waals surface area contributed by atoms with Crippen molar-refractivity contribution < 1.29 is 14.7 Å². The zero-order chi connectivity index (χ0) is 12.1. The number of benzene rings is 1. The number of hydrogen-bond acceptors (Lipinski definition) is 3. The molecule has 1 amide bonds. The SMILES string of the molecule is CNCC(=O)Nc1c(Br)cccc1C(=O)O. The van der Waals surface area contributed by atoms with E-state index >= 15 is 0 Å². The molecule has 0 spiro atoms. The first kappa shape index (κ1) is 12.7. The van der Waals surface area contributed by atoms with Crippen molar-refractivity contribution in [1.29, 1.82) is 0 Å². The normalized spacial score (nSPS) is 9.88. The molecule has 3 N–H and O–H groups in total. The van der Waals surface area contributed by atoms with E-state index in [9.17, 15) is 9.59 Å². The second-order valence-corrected chi connectivity index (χ2v) is 3.90. The number of carbonyl (C=O) groups excluding carboxylic acids is 1. The molecule has 6 heteroatoms. The lowest BCUT2D eigenvalue weighted by molar-refractivity contribution is -0.115. The van der Waals surface area contributed by atoms with Crippen LogP contribution in [0, 0.1) is 0 Å². The molecule has 0 saturated carbocycles. The van der Waals surface area contributed by atoms with E-state index in [1.54, 1.807) is 19.2 Å². The third kappa shape index (κ3) is 3.04. The van der Waals surface area contributed by atoms with E-state index in [0.717, 1.165) is 0 Å². The topological polar surface area (TPSA) is 78.4 Å². The van der Waals surface area contributed by atoms with Crippen molar-refractivity contribution in [3.8, 4) is 0 Å². The maximum absolute atomic E-state index is 11.4. The van der Waals surface area contributed by atoms with Crippen molar-refractivity contribution in [3.05, 3.63) is 28.2 Å². The van der Waals surface area contributed by atoms with Crippen LogP contribution in [0.2, 0.25) is 0 Å². The third-order valence-corrected chi connectivity index (χ3v) is 2.51. The van der Waals surface area contributed by atoms with Crippen LogP contribution in [-0.4, -0.2) is 30.6 Å². The number of hydrogen-bond donors (Lipinski definition) is 3. The summed E-state index contributed by atoms with van der Waals surface area (Å²) in [4.78, 5) is 22.3. The Morgan fingerprint density at radius 2 is 2.12 bits per heavy atom. The van der Waals surface area contributed by atoms with Gasteiger partial charge in [-0.2, -0.15) is 0 Å². The van der Waals surface area contributed by atoms with E-state index in [-0.39, 0.29) is 23.7 Å². The van der Waals surface area contributed by atoms with Gasteiger partial charge in [0, 0.05) is 4.47 Å². The van der Waals surface area contributed by atoms with Gasteiger partial charge in [-0.25, -0.2) is 4.79 Å². The van der Waals surface area contributed by atoms with E-state index in [1.165, 1.54) is 6.07 Å². The van der Waals surface area contributed by atoms with Crippen LogP contribution >= 0.6 is 15.9 Å². The van der Waals surface area contributed by atoms with Gasteiger partial charge in [-0.3, -0.25) is 4.79 Å². The van der Waals surface area contributed by atoms with Gasteiger partial charge in [-0.1, -0.05) is 6.07 Å². The molecule has 1 aromatic rings. The molecule has 0 aliphatic carbocycles. The minimum absolute atomic E-state index is 0.0545. The first-order valence-corrected chi connectivity index (χ1v) is 5.31. The molecule has 0 aromatic heterocycles. The predicted octanol–water partition coefficient (Wildman–Crippen LogP) is 1.31.